The molecule has 4 nitrogen and oxygen atoms in total. The lowest BCUT2D eigenvalue weighted by molar-refractivity contribution is -0.141. The van der Waals surface area contributed by atoms with E-state index in [0.29, 0.717) is 18.2 Å². The standard InChI is InChI=1S/C12H19F3N4.ClH/c1-16-7-9-2-4-19(5-3-9)8-10-6-11(18-17-10)12(13,14)15;/h6,9,16H,2-5,7-8H2,1H3,(H,17,18);1H. The summed E-state index contributed by atoms with van der Waals surface area (Å²) in [5, 5.41) is 8.94. The molecule has 1 aromatic heterocycles. The minimum Gasteiger partial charge on any atom is -0.319 e. The maximum atomic E-state index is 12.4. The van der Waals surface area contributed by atoms with E-state index in [1.165, 1.54) is 0 Å². The SMILES string of the molecule is CNCC1CCN(Cc2cc(C(F)(F)F)n[nH]2)CC1.Cl. The van der Waals surface area contributed by atoms with E-state index in [0.717, 1.165) is 38.5 Å². The van der Waals surface area contributed by atoms with E-state index in [1.54, 1.807) is 0 Å². The van der Waals surface area contributed by atoms with Crippen molar-refractivity contribution in [3.63, 3.8) is 0 Å². The highest BCUT2D eigenvalue weighted by molar-refractivity contribution is 5.85. The molecule has 1 aliphatic heterocycles. The van der Waals surface area contributed by atoms with Gasteiger partial charge in [0, 0.05) is 12.2 Å². The van der Waals surface area contributed by atoms with Crippen LogP contribution in [0.15, 0.2) is 6.07 Å². The molecule has 0 unspecified atom stereocenters. The number of piperidine rings is 1. The van der Waals surface area contributed by atoms with Gasteiger partial charge in [-0.1, -0.05) is 0 Å². The lowest BCUT2D eigenvalue weighted by Gasteiger charge is -2.31. The Morgan fingerprint density at radius 1 is 1.40 bits per heavy atom. The number of nitrogens with one attached hydrogen (secondary N) is 2. The van der Waals surface area contributed by atoms with Crippen LogP contribution in [0.1, 0.15) is 24.2 Å². The van der Waals surface area contributed by atoms with Crippen LogP contribution in [0.5, 0.6) is 0 Å². The van der Waals surface area contributed by atoms with Crippen LogP contribution >= 0.6 is 12.4 Å². The number of alkyl halides is 3. The molecule has 0 radical (unpaired) electrons. The zero-order valence-electron chi connectivity index (χ0n) is 11.3. The second kappa shape index (κ2) is 7.28. The number of aromatic amines is 1. The average Bonchev–Trinajstić information content (AvgIpc) is 2.80. The number of halogens is 4. The van der Waals surface area contributed by atoms with Gasteiger partial charge in [0.15, 0.2) is 5.69 Å². The Bertz CT molecular complexity index is 400. The summed E-state index contributed by atoms with van der Waals surface area (Å²) in [5.41, 5.74) is -0.313. The molecule has 1 aliphatic rings. The zero-order valence-corrected chi connectivity index (χ0v) is 12.2. The molecular weight excluding hydrogens is 293 g/mol. The Labute approximate surface area is 122 Å². The van der Waals surface area contributed by atoms with Gasteiger partial charge in [-0.3, -0.25) is 10.00 Å². The van der Waals surface area contributed by atoms with Crippen molar-refractivity contribution in [2.75, 3.05) is 26.7 Å². The first-order valence-corrected chi connectivity index (χ1v) is 6.47. The fourth-order valence-electron chi connectivity index (χ4n) is 2.47. The molecule has 1 saturated heterocycles. The summed E-state index contributed by atoms with van der Waals surface area (Å²) in [7, 11) is 1.94. The predicted molar refractivity (Wildman–Crippen MR) is 72.8 cm³/mol. The molecule has 2 rings (SSSR count). The van der Waals surface area contributed by atoms with Crippen molar-refractivity contribution < 1.29 is 13.2 Å². The van der Waals surface area contributed by atoms with E-state index in [1.807, 2.05) is 7.05 Å². The highest BCUT2D eigenvalue weighted by atomic mass is 35.5. The molecule has 2 N–H and O–H groups in total. The van der Waals surface area contributed by atoms with Crippen LogP contribution in [0.3, 0.4) is 0 Å². The van der Waals surface area contributed by atoms with Crippen LogP contribution in [-0.4, -0.2) is 41.8 Å². The van der Waals surface area contributed by atoms with Gasteiger partial charge in [-0.25, -0.2) is 0 Å². The second-order valence-corrected chi connectivity index (χ2v) is 5.05. The predicted octanol–water partition coefficient (Wildman–Crippen LogP) is 2.28. The monoisotopic (exact) mass is 312 g/mol. The number of likely N-dealkylation sites (tertiary alicyclic amines) is 1. The van der Waals surface area contributed by atoms with E-state index >= 15 is 0 Å². The Kier molecular flexibility index (Phi) is 6.29. The molecular formula is C12H20ClF3N4. The van der Waals surface area contributed by atoms with Crippen LogP contribution in [0.25, 0.3) is 0 Å². The zero-order chi connectivity index (χ0) is 13.9. The van der Waals surface area contributed by atoms with Crippen molar-refractivity contribution in [1.82, 2.24) is 20.4 Å². The number of aromatic nitrogens is 2. The van der Waals surface area contributed by atoms with E-state index < -0.39 is 11.9 Å². The summed E-state index contributed by atoms with van der Waals surface area (Å²) >= 11 is 0. The summed E-state index contributed by atoms with van der Waals surface area (Å²) in [5.74, 6) is 0.675. The Balaban J connectivity index is 0.00000200. The van der Waals surface area contributed by atoms with Gasteiger partial charge in [-0.2, -0.15) is 18.3 Å². The van der Waals surface area contributed by atoms with Crippen molar-refractivity contribution in [1.29, 1.82) is 0 Å². The third kappa shape index (κ3) is 4.64. The number of H-pyrrole nitrogens is 1. The van der Waals surface area contributed by atoms with Gasteiger partial charge < -0.3 is 5.32 Å². The Hall–Kier alpha value is -0.790. The molecule has 0 spiro atoms. The lowest BCUT2D eigenvalue weighted by atomic mass is 9.97. The van der Waals surface area contributed by atoms with Gasteiger partial charge in [0.25, 0.3) is 0 Å². The smallest absolute Gasteiger partial charge is 0.319 e. The van der Waals surface area contributed by atoms with Crippen molar-refractivity contribution >= 4 is 12.4 Å². The first kappa shape index (κ1) is 17.3. The fourth-order valence-corrected chi connectivity index (χ4v) is 2.47. The molecule has 1 fully saturated rings. The Morgan fingerprint density at radius 3 is 2.55 bits per heavy atom. The summed E-state index contributed by atoms with van der Waals surface area (Å²) < 4.78 is 37.2. The van der Waals surface area contributed by atoms with Gasteiger partial charge in [-0.15, -0.1) is 12.4 Å². The minimum absolute atomic E-state index is 0. The summed E-state index contributed by atoms with van der Waals surface area (Å²) in [6.07, 6.45) is -2.20. The van der Waals surface area contributed by atoms with Crippen LogP contribution in [0.2, 0.25) is 0 Å². The molecule has 0 amide bonds. The van der Waals surface area contributed by atoms with Crippen molar-refractivity contribution in [3.8, 4) is 0 Å². The van der Waals surface area contributed by atoms with Crippen LogP contribution in [-0.2, 0) is 12.7 Å². The van der Waals surface area contributed by atoms with Crippen LogP contribution in [0.4, 0.5) is 13.2 Å². The van der Waals surface area contributed by atoms with E-state index in [4.69, 9.17) is 0 Å². The molecule has 2 heterocycles. The normalized spacial score (nSPS) is 18.0. The summed E-state index contributed by atoms with van der Waals surface area (Å²) in [4.78, 5) is 2.17. The molecule has 116 valence electrons. The maximum Gasteiger partial charge on any atom is 0.435 e. The minimum atomic E-state index is -4.37. The molecule has 0 bridgehead atoms. The molecule has 0 aromatic carbocycles. The van der Waals surface area contributed by atoms with E-state index in [-0.39, 0.29) is 12.4 Å². The average molecular weight is 313 g/mol. The van der Waals surface area contributed by atoms with Crippen LogP contribution < -0.4 is 5.32 Å². The van der Waals surface area contributed by atoms with Gasteiger partial charge >= 0.3 is 6.18 Å². The molecule has 8 heteroatoms. The topological polar surface area (TPSA) is 44.0 Å². The molecule has 20 heavy (non-hydrogen) atoms. The highest BCUT2D eigenvalue weighted by Crippen LogP contribution is 2.28. The maximum absolute atomic E-state index is 12.4. The first-order valence-electron chi connectivity index (χ1n) is 6.47. The largest absolute Gasteiger partial charge is 0.435 e. The number of rotatable bonds is 4. The van der Waals surface area contributed by atoms with Crippen molar-refractivity contribution in [3.05, 3.63) is 17.5 Å². The van der Waals surface area contributed by atoms with E-state index in [2.05, 4.69) is 20.4 Å². The van der Waals surface area contributed by atoms with Crippen molar-refractivity contribution in [2.24, 2.45) is 5.92 Å². The quantitative estimate of drug-likeness (QED) is 0.896. The van der Waals surface area contributed by atoms with Gasteiger partial charge in [0.05, 0.1) is 0 Å². The number of hydrogen-bond donors (Lipinski definition) is 2. The molecule has 1 aromatic rings. The first-order chi connectivity index (χ1) is 8.99. The molecule has 0 atom stereocenters. The second-order valence-electron chi connectivity index (χ2n) is 5.05. The number of nitrogens with zero attached hydrogens (tertiary/aromatic N) is 2. The van der Waals surface area contributed by atoms with Gasteiger partial charge in [0.2, 0.25) is 0 Å². The van der Waals surface area contributed by atoms with E-state index in [9.17, 15) is 13.2 Å². The third-order valence-electron chi connectivity index (χ3n) is 3.52. The number of hydrogen-bond acceptors (Lipinski definition) is 3. The summed E-state index contributed by atoms with van der Waals surface area (Å²) in [6, 6.07) is 1.10. The molecule has 0 saturated carbocycles. The van der Waals surface area contributed by atoms with Gasteiger partial charge in [0.1, 0.15) is 0 Å². The van der Waals surface area contributed by atoms with Crippen molar-refractivity contribution in [2.45, 2.75) is 25.6 Å². The third-order valence-corrected chi connectivity index (χ3v) is 3.52. The molecule has 0 aliphatic carbocycles. The lowest BCUT2D eigenvalue weighted by Crippen LogP contribution is -2.36. The highest BCUT2D eigenvalue weighted by Gasteiger charge is 2.34. The Morgan fingerprint density at radius 2 is 2.05 bits per heavy atom. The van der Waals surface area contributed by atoms with Gasteiger partial charge in [-0.05, 0) is 51.5 Å². The van der Waals surface area contributed by atoms with Crippen LogP contribution in [0, 0.1) is 5.92 Å². The fraction of sp³-hybridized carbons (Fsp3) is 0.750. The summed E-state index contributed by atoms with van der Waals surface area (Å²) in [6.45, 7) is 3.37.